The molecule has 3 aromatic rings. The zero-order chi connectivity index (χ0) is 27.0. The Morgan fingerprint density at radius 1 is 1.22 bits per heavy atom. The molecular weight excluding hydrogens is 534 g/mol. The maximum atomic E-state index is 13.4. The van der Waals surface area contributed by atoms with Gasteiger partial charge in [-0.3, -0.25) is 4.90 Å². The second-order valence-corrected chi connectivity index (χ2v) is 7.61. The molecule has 3 heterocycles. The van der Waals surface area contributed by atoms with Crippen molar-refractivity contribution < 1.29 is 42.0 Å². The highest BCUT2D eigenvalue weighted by atomic mass is 35.5. The van der Waals surface area contributed by atoms with Gasteiger partial charge in [0.1, 0.15) is 11.5 Å². The average Bonchev–Trinajstić information content (AvgIpc) is 3.50. The Hall–Kier alpha value is -3.90. The van der Waals surface area contributed by atoms with E-state index in [2.05, 4.69) is 41.2 Å². The average molecular weight is 552 g/mol. The van der Waals surface area contributed by atoms with Gasteiger partial charge in [-0.15, -0.1) is 5.10 Å². The minimum atomic E-state index is -5.08. The van der Waals surface area contributed by atoms with Gasteiger partial charge in [0.15, 0.2) is 11.5 Å². The van der Waals surface area contributed by atoms with E-state index in [9.17, 15) is 22.8 Å². The summed E-state index contributed by atoms with van der Waals surface area (Å²) in [6.07, 6.45) is -5.08. The number of amidine groups is 1. The largest absolute Gasteiger partial charge is 0.490 e. The van der Waals surface area contributed by atoms with Crippen LogP contribution in [0.1, 0.15) is 17.2 Å². The summed E-state index contributed by atoms with van der Waals surface area (Å²) in [5, 5.41) is 41.9. The molecule has 0 amide bonds. The summed E-state index contributed by atoms with van der Waals surface area (Å²) >= 11 is 5.79. The fourth-order valence-corrected chi connectivity index (χ4v) is 3.07. The van der Waals surface area contributed by atoms with Gasteiger partial charge in [0.05, 0.1) is 31.3 Å². The van der Waals surface area contributed by atoms with Crippen LogP contribution >= 0.6 is 11.6 Å². The number of carboxylic acid groups (broad SMARTS) is 1. The predicted molar refractivity (Wildman–Crippen MR) is 114 cm³/mol. The predicted octanol–water partition coefficient (Wildman–Crippen LogP) is 1.61. The van der Waals surface area contributed by atoms with Crippen LogP contribution in [0, 0.1) is 5.82 Å². The number of aliphatic carboxylic acids is 1. The molecule has 1 aromatic carbocycles. The third-order valence-electron chi connectivity index (χ3n) is 4.68. The Bertz CT molecular complexity index is 1230. The summed E-state index contributed by atoms with van der Waals surface area (Å²) in [4.78, 5) is 11.1. The van der Waals surface area contributed by atoms with Crippen molar-refractivity contribution in [3.8, 4) is 0 Å². The van der Waals surface area contributed by atoms with Crippen LogP contribution in [0.5, 0.6) is 0 Å². The zero-order valence-corrected chi connectivity index (χ0v) is 19.3. The van der Waals surface area contributed by atoms with Crippen molar-refractivity contribution in [1.29, 1.82) is 0 Å². The number of carboxylic acids is 1. The van der Waals surface area contributed by atoms with E-state index >= 15 is 0 Å². The molecule has 0 spiro atoms. The number of halogens is 5. The molecule has 4 rings (SSSR count). The van der Waals surface area contributed by atoms with E-state index in [0.29, 0.717) is 37.0 Å². The normalized spacial score (nSPS) is 14.7. The SMILES string of the molecule is O/N=C(/Nc1ccc(F)c(Cl)c1)c1nonc1Cn1nnnc1CN1CCOCC1.O=C(O)C(F)(F)F. The Kier molecular flexibility index (Phi) is 9.25. The lowest BCUT2D eigenvalue weighted by Gasteiger charge is -2.25. The molecule has 1 aliphatic rings. The van der Waals surface area contributed by atoms with Gasteiger partial charge in [0.25, 0.3) is 0 Å². The monoisotopic (exact) mass is 551 g/mol. The first kappa shape index (κ1) is 27.7. The number of carbonyl (C=O) groups is 1. The Labute approximate surface area is 209 Å². The summed E-state index contributed by atoms with van der Waals surface area (Å²) in [6, 6.07) is 3.96. The van der Waals surface area contributed by atoms with Crippen molar-refractivity contribution >= 4 is 29.1 Å². The highest BCUT2D eigenvalue weighted by Crippen LogP contribution is 2.20. The summed E-state index contributed by atoms with van der Waals surface area (Å²) in [7, 11) is 0. The van der Waals surface area contributed by atoms with Crippen LogP contribution in [-0.2, 0) is 22.6 Å². The molecule has 0 saturated carbocycles. The first-order valence-electron chi connectivity index (χ1n) is 10.2. The van der Waals surface area contributed by atoms with Crippen LogP contribution < -0.4 is 5.32 Å². The summed E-state index contributed by atoms with van der Waals surface area (Å²) in [5.41, 5.74) is 0.864. The van der Waals surface area contributed by atoms with Crippen LogP contribution in [-0.4, -0.2) is 90.0 Å². The molecule has 0 bridgehead atoms. The molecule has 1 saturated heterocycles. The van der Waals surface area contributed by atoms with E-state index in [4.69, 9.17) is 30.9 Å². The van der Waals surface area contributed by atoms with Crippen LogP contribution in [0.4, 0.5) is 23.2 Å². The topological polar surface area (TPSA) is 177 Å². The maximum absolute atomic E-state index is 13.4. The lowest BCUT2D eigenvalue weighted by molar-refractivity contribution is -0.192. The van der Waals surface area contributed by atoms with Crippen molar-refractivity contribution in [2.45, 2.75) is 19.3 Å². The first-order chi connectivity index (χ1) is 17.6. The van der Waals surface area contributed by atoms with Gasteiger partial charge in [-0.2, -0.15) is 13.2 Å². The van der Waals surface area contributed by atoms with Crippen molar-refractivity contribution in [2.75, 3.05) is 31.6 Å². The van der Waals surface area contributed by atoms with Gasteiger partial charge < -0.3 is 20.4 Å². The van der Waals surface area contributed by atoms with Gasteiger partial charge in [-0.25, -0.2) is 18.5 Å². The number of alkyl halides is 3. The highest BCUT2D eigenvalue weighted by Gasteiger charge is 2.38. The molecular formula is C18H18ClF4N9O5. The van der Waals surface area contributed by atoms with Crippen LogP contribution in [0.3, 0.4) is 0 Å². The molecule has 200 valence electrons. The third-order valence-corrected chi connectivity index (χ3v) is 4.97. The standard InChI is InChI=1S/C16H17ClFN9O3.C2HF3O2/c17-11-7-10(1-2-12(11)18)19-16(21-28)15-13(22-30-23-15)8-27-14(20-24-25-27)9-26-3-5-29-6-4-26;3-2(4,5)1(6)7/h1-2,7,28H,3-6,8-9H2,(H,19,21);(H,6,7). The highest BCUT2D eigenvalue weighted by molar-refractivity contribution is 6.31. The van der Waals surface area contributed by atoms with Crippen LogP contribution in [0.25, 0.3) is 0 Å². The lowest BCUT2D eigenvalue weighted by Crippen LogP contribution is -2.36. The lowest BCUT2D eigenvalue weighted by atomic mass is 10.2. The van der Waals surface area contributed by atoms with E-state index in [1.807, 2.05) is 0 Å². The molecule has 14 nitrogen and oxygen atoms in total. The number of nitrogens with one attached hydrogen (secondary N) is 1. The molecule has 3 N–H and O–H groups in total. The molecule has 37 heavy (non-hydrogen) atoms. The zero-order valence-electron chi connectivity index (χ0n) is 18.6. The number of anilines is 1. The number of rotatable bonds is 6. The summed E-state index contributed by atoms with van der Waals surface area (Å²) < 4.78 is 56.8. The molecule has 1 fully saturated rings. The molecule has 0 aliphatic carbocycles. The number of nitrogens with zero attached hydrogens (tertiary/aromatic N) is 8. The maximum Gasteiger partial charge on any atom is 0.490 e. The molecule has 19 heteroatoms. The Morgan fingerprint density at radius 3 is 2.54 bits per heavy atom. The fourth-order valence-electron chi connectivity index (χ4n) is 2.89. The van der Waals surface area contributed by atoms with E-state index in [1.165, 1.54) is 18.2 Å². The number of aromatic nitrogens is 6. The Morgan fingerprint density at radius 2 is 1.92 bits per heavy atom. The molecule has 0 unspecified atom stereocenters. The van der Waals surface area contributed by atoms with E-state index < -0.39 is 18.0 Å². The summed E-state index contributed by atoms with van der Waals surface area (Å²) in [5.74, 6) is -2.75. The van der Waals surface area contributed by atoms with Crippen molar-refractivity contribution in [3.05, 3.63) is 46.3 Å². The third kappa shape index (κ3) is 7.79. The minimum absolute atomic E-state index is 0.0586. The molecule has 1 aliphatic heterocycles. The number of hydrogen-bond donors (Lipinski definition) is 3. The first-order valence-corrected chi connectivity index (χ1v) is 10.6. The number of morpholine rings is 1. The van der Waals surface area contributed by atoms with Crippen LogP contribution in [0.15, 0.2) is 28.0 Å². The number of oxime groups is 1. The second kappa shape index (κ2) is 12.4. The summed E-state index contributed by atoms with van der Waals surface area (Å²) in [6.45, 7) is 3.58. The Balaban J connectivity index is 0.000000479. The van der Waals surface area contributed by atoms with E-state index in [0.717, 1.165) is 13.1 Å². The molecule has 0 radical (unpaired) electrons. The molecule has 2 aromatic heterocycles. The minimum Gasteiger partial charge on any atom is -0.475 e. The number of benzene rings is 1. The van der Waals surface area contributed by atoms with Crippen molar-refractivity contribution in [2.24, 2.45) is 5.16 Å². The fraction of sp³-hybridized carbons (Fsp3) is 0.389. The van der Waals surface area contributed by atoms with Crippen molar-refractivity contribution in [1.82, 2.24) is 35.4 Å². The van der Waals surface area contributed by atoms with Crippen molar-refractivity contribution in [3.63, 3.8) is 0 Å². The second-order valence-electron chi connectivity index (χ2n) is 7.21. The molecule has 0 atom stereocenters. The smallest absolute Gasteiger partial charge is 0.475 e. The van der Waals surface area contributed by atoms with Gasteiger partial charge >= 0.3 is 12.1 Å². The quantitative estimate of drug-likeness (QED) is 0.133. The van der Waals surface area contributed by atoms with Gasteiger partial charge in [-0.05, 0) is 33.8 Å². The number of hydrogen-bond acceptors (Lipinski definition) is 11. The van der Waals surface area contributed by atoms with Gasteiger partial charge in [-0.1, -0.05) is 21.9 Å². The number of ether oxygens (including phenoxy) is 1. The van der Waals surface area contributed by atoms with Gasteiger partial charge in [0, 0.05) is 18.8 Å². The van der Waals surface area contributed by atoms with Gasteiger partial charge in [0.2, 0.25) is 5.84 Å². The van der Waals surface area contributed by atoms with E-state index in [-0.39, 0.29) is 23.1 Å². The number of tetrazole rings is 1. The van der Waals surface area contributed by atoms with E-state index in [1.54, 1.807) is 4.68 Å². The van der Waals surface area contributed by atoms with Crippen LogP contribution in [0.2, 0.25) is 5.02 Å².